The van der Waals surface area contributed by atoms with Crippen molar-refractivity contribution in [2.45, 2.75) is 16.7 Å². The van der Waals surface area contributed by atoms with Crippen molar-refractivity contribution in [3.63, 3.8) is 0 Å². The molecule has 0 unspecified atom stereocenters. The first-order valence-corrected chi connectivity index (χ1v) is 6.64. The van der Waals surface area contributed by atoms with Crippen LogP contribution >= 0.6 is 11.8 Å². The lowest BCUT2D eigenvalue weighted by molar-refractivity contribution is 0.338. The second-order valence-corrected chi connectivity index (χ2v) is 5.38. The molecule has 4 nitrogen and oxygen atoms in total. The van der Waals surface area contributed by atoms with Crippen molar-refractivity contribution in [1.29, 1.82) is 0 Å². The van der Waals surface area contributed by atoms with E-state index in [-0.39, 0.29) is 10.1 Å². The molecular weight excluding hydrogens is 234 g/mol. The third-order valence-electron chi connectivity index (χ3n) is 1.79. The molecule has 1 aromatic rings. The fraction of sp³-hybridized carbons (Fsp3) is 0.222. The van der Waals surface area contributed by atoms with Crippen molar-refractivity contribution in [3.05, 3.63) is 24.3 Å². The van der Waals surface area contributed by atoms with E-state index in [9.17, 15) is 8.42 Å². The number of sulfonamides is 1. The topological polar surface area (TPSA) is 55.7 Å². The van der Waals surface area contributed by atoms with E-state index in [0.717, 1.165) is 0 Å². The van der Waals surface area contributed by atoms with Crippen molar-refractivity contribution in [1.82, 2.24) is 0 Å². The standard InChI is InChI=1S/C9H9NO3S2/c1-2-13-9-10-15(11,12)8-6-4-3-5-7(8)14-9/h3-6H,2H2,1H3. The largest absolute Gasteiger partial charge is 0.472 e. The molecule has 0 amide bonds. The Bertz CT molecular complexity index is 508. The monoisotopic (exact) mass is 243 g/mol. The van der Waals surface area contributed by atoms with Gasteiger partial charge in [-0.1, -0.05) is 12.1 Å². The van der Waals surface area contributed by atoms with Crippen LogP contribution in [0.2, 0.25) is 0 Å². The molecule has 1 aromatic carbocycles. The van der Waals surface area contributed by atoms with Crippen LogP contribution < -0.4 is 0 Å². The lowest BCUT2D eigenvalue weighted by atomic mass is 10.4. The van der Waals surface area contributed by atoms with Crippen LogP contribution in [0.25, 0.3) is 0 Å². The molecule has 0 aromatic heterocycles. The molecule has 2 rings (SSSR count). The molecule has 0 saturated heterocycles. The first kappa shape index (κ1) is 10.5. The Morgan fingerprint density at radius 2 is 2.13 bits per heavy atom. The zero-order valence-electron chi connectivity index (χ0n) is 8.00. The maximum absolute atomic E-state index is 11.7. The summed E-state index contributed by atoms with van der Waals surface area (Å²) in [5.74, 6) is 0. The molecular formula is C9H9NO3S2. The first-order valence-electron chi connectivity index (χ1n) is 4.38. The average Bonchev–Trinajstić information content (AvgIpc) is 2.17. The summed E-state index contributed by atoms with van der Waals surface area (Å²) in [6.07, 6.45) is 0. The molecule has 0 aliphatic carbocycles. The van der Waals surface area contributed by atoms with Crippen LogP contribution in [0.5, 0.6) is 0 Å². The maximum Gasteiger partial charge on any atom is 0.287 e. The van der Waals surface area contributed by atoms with Gasteiger partial charge in [-0.2, -0.15) is 8.42 Å². The van der Waals surface area contributed by atoms with E-state index in [1.54, 1.807) is 31.2 Å². The normalized spacial score (nSPS) is 17.8. The summed E-state index contributed by atoms with van der Waals surface area (Å²) in [5.41, 5.74) is 0. The zero-order chi connectivity index (χ0) is 10.9. The van der Waals surface area contributed by atoms with Crippen LogP contribution in [0.3, 0.4) is 0 Å². The van der Waals surface area contributed by atoms with E-state index in [0.29, 0.717) is 11.5 Å². The number of rotatable bonds is 1. The predicted octanol–water partition coefficient (Wildman–Crippen LogP) is 1.87. The molecule has 0 N–H and O–H groups in total. The minimum Gasteiger partial charge on any atom is -0.472 e. The molecule has 0 radical (unpaired) electrons. The molecule has 1 aliphatic rings. The number of thioether (sulfide) groups is 1. The van der Waals surface area contributed by atoms with Crippen LogP contribution in [0, 0.1) is 0 Å². The fourth-order valence-corrected chi connectivity index (χ4v) is 3.67. The minimum absolute atomic E-state index is 0.191. The van der Waals surface area contributed by atoms with Crippen molar-refractivity contribution in [2.75, 3.05) is 6.61 Å². The highest BCUT2D eigenvalue weighted by atomic mass is 32.2. The number of benzene rings is 1. The SMILES string of the molecule is CCOC1=NS(=O)(=O)c2ccccc2S1. The van der Waals surface area contributed by atoms with E-state index in [1.165, 1.54) is 11.8 Å². The van der Waals surface area contributed by atoms with Crippen molar-refractivity contribution < 1.29 is 13.2 Å². The van der Waals surface area contributed by atoms with Crippen LogP contribution in [-0.2, 0) is 14.8 Å². The van der Waals surface area contributed by atoms with Crippen LogP contribution in [0.4, 0.5) is 0 Å². The Kier molecular flexibility index (Phi) is 2.70. The minimum atomic E-state index is -3.57. The quantitative estimate of drug-likeness (QED) is 0.755. The van der Waals surface area contributed by atoms with Gasteiger partial charge in [0.05, 0.1) is 6.61 Å². The Morgan fingerprint density at radius 1 is 1.40 bits per heavy atom. The van der Waals surface area contributed by atoms with Crippen molar-refractivity contribution in [3.8, 4) is 0 Å². The molecule has 0 fully saturated rings. The van der Waals surface area contributed by atoms with Gasteiger partial charge in [-0.05, 0) is 30.8 Å². The lowest BCUT2D eigenvalue weighted by Gasteiger charge is -2.14. The molecule has 0 bridgehead atoms. The summed E-state index contributed by atoms with van der Waals surface area (Å²) >= 11 is 1.23. The van der Waals surface area contributed by atoms with E-state index >= 15 is 0 Å². The van der Waals surface area contributed by atoms with E-state index in [2.05, 4.69) is 4.40 Å². The summed E-state index contributed by atoms with van der Waals surface area (Å²) in [5, 5.41) is 0.191. The van der Waals surface area contributed by atoms with E-state index < -0.39 is 10.0 Å². The maximum atomic E-state index is 11.7. The number of ether oxygens (including phenoxy) is 1. The smallest absolute Gasteiger partial charge is 0.287 e. The summed E-state index contributed by atoms with van der Waals surface area (Å²) in [7, 11) is -3.57. The van der Waals surface area contributed by atoms with Crippen LogP contribution in [0.1, 0.15) is 6.92 Å². The Morgan fingerprint density at radius 3 is 2.87 bits per heavy atom. The van der Waals surface area contributed by atoms with Gasteiger partial charge < -0.3 is 4.74 Å². The lowest BCUT2D eigenvalue weighted by Crippen LogP contribution is -2.11. The summed E-state index contributed by atoms with van der Waals surface area (Å²) in [6, 6.07) is 6.75. The number of hydrogen-bond acceptors (Lipinski definition) is 4. The molecule has 6 heteroatoms. The second kappa shape index (κ2) is 3.86. The van der Waals surface area contributed by atoms with Gasteiger partial charge in [0.2, 0.25) is 0 Å². The molecule has 0 spiro atoms. The predicted molar refractivity (Wildman–Crippen MR) is 58.5 cm³/mol. The van der Waals surface area contributed by atoms with Crippen molar-refractivity contribution in [2.24, 2.45) is 4.40 Å². The van der Waals surface area contributed by atoms with Crippen molar-refractivity contribution >= 4 is 27.0 Å². The molecule has 80 valence electrons. The first-order chi connectivity index (χ1) is 7.13. The third-order valence-corrected chi connectivity index (χ3v) is 4.31. The van der Waals surface area contributed by atoms with Gasteiger partial charge in [0.15, 0.2) is 0 Å². The zero-order valence-corrected chi connectivity index (χ0v) is 9.64. The summed E-state index contributed by atoms with van der Waals surface area (Å²) in [6.45, 7) is 2.19. The number of fused-ring (bicyclic) bond motifs is 1. The fourth-order valence-electron chi connectivity index (χ4n) is 1.19. The van der Waals surface area contributed by atoms with Gasteiger partial charge in [0, 0.05) is 4.90 Å². The Hall–Kier alpha value is -1.01. The highest BCUT2D eigenvalue weighted by molar-refractivity contribution is 8.15. The van der Waals surface area contributed by atoms with E-state index in [1.807, 2.05) is 0 Å². The van der Waals surface area contributed by atoms with Gasteiger partial charge in [-0.15, -0.1) is 4.40 Å². The molecule has 1 heterocycles. The number of nitrogens with zero attached hydrogens (tertiary/aromatic N) is 1. The van der Waals surface area contributed by atoms with Gasteiger partial charge in [0.1, 0.15) is 4.90 Å². The van der Waals surface area contributed by atoms with Crippen LogP contribution in [-0.4, -0.2) is 20.3 Å². The number of hydrogen-bond donors (Lipinski definition) is 0. The molecule has 0 saturated carbocycles. The highest BCUT2D eigenvalue weighted by Crippen LogP contribution is 2.33. The Labute approximate surface area is 92.4 Å². The van der Waals surface area contributed by atoms with Gasteiger partial charge in [0.25, 0.3) is 15.3 Å². The second-order valence-electron chi connectivity index (χ2n) is 2.81. The molecule has 0 atom stereocenters. The average molecular weight is 243 g/mol. The van der Waals surface area contributed by atoms with Gasteiger partial charge >= 0.3 is 0 Å². The van der Waals surface area contributed by atoms with Gasteiger partial charge in [-0.25, -0.2) is 0 Å². The molecule has 1 aliphatic heterocycles. The Balaban J connectivity index is 2.50. The molecule has 15 heavy (non-hydrogen) atoms. The summed E-state index contributed by atoms with van der Waals surface area (Å²) < 4.78 is 32.0. The van der Waals surface area contributed by atoms with Gasteiger partial charge in [-0.3, -0.25) is 0 Å². The third kappa shape index (κ3) is 2.00. The summed E-state index contributed by atoms with van der Waals surface area (Å²) in [4.78, 5) is 0.911. The van der Waals surface area contributed by atoms with Crippen LogP contribution in [0.15, 0.2) is 38.5 Å². The highest BCUT2D eigenvalue weighted by Gasteiger charge is 2.25. The van der Waals surface area contributed by atoms with E-state index in [4.69, 9.17) is 4.74 Å².